The number of ether oxygens (including phenoxy) is 2. The van der Waals surface area contributed by atoms with E-state index in [1.165, 1.54) is 0 Å². The number of fused-ring (bicyclic) bond motifs is 1. The highest BCUT2D eigenvalue weighted by atomic mass is 32.2. The number of benzene rings is 1. The zero-order chi connectivity index (χ0) is 20.0. The maximum absolute atomic E-state index is 6.10. The summed E-state index contributed by atoms with van der Waals surface area (Å²) in [6.45, 7) is 7.17. The molecule has 0 spiro atoms. The molecule has 1 unspecified atom stereocenters. The summed E-state index contributed by atoms with van der Waals surface area (Å²) in [6, 6.07) is 8.00. The summed E-state index contributed by atoms with van der Waals surface area (Å²) in [5, 5.41) is 7.98. The van der Waals surface area contributed by atoms with Gasteiger partial charge in [-0.25, -0.2) is 0 Å². The van der Waals surface area contributed by atoms with Gasteiger partial charge in [0.15, 0.2) is 17.3 Å². The summed E-state index contributed by atoms with van der Waals surface area (Å²) in [7, 11) is 1.80. The van der Waals surface area contributed by atoms with Gasteiger partial charge in [0.1, 0.15) is 5.76 Å². The molecule has 2 aromatic rings. The van der Waals surface area contributed by atoms with Crippen molar-refractivity contribution in [3.63, 3.8) is 0 Å². The van der Waals surface area contributed by atoms with Gasteiger partial charge in [-0.3, -0.25) is 4.99 Å². The zero-order valence-electron chi connectivity index (χ0n) is 17.2. The van der Waals surface area contributed by atoms with Crippen LogP contribution in [-0.4, -0.2) is 50.4 Å². The third kappa shape index (κ3) is 4.75. The third-order valence-corrected chi connectivity index (χ3v) is 6.66. The van der Waals surface area contributed by atoms with Gasteiger partial charge in [0, 0.05) is 36.9 Å². The summed E-state index contributed by atoms with van der Waals surface area (Å²) < 4.78 is 17.5. The molecule has 1 aliphatic rings. The molecular formula is C21H31N3O3S. The molecule has 154 valence electrons. The molecule has 0 radical (unpaired) electrons. The Kier molecular flexibility index (Phi) is 7.13. The Labute approximate surface area is 171 Å². The summed E-state index contributed by atoms with van der Waals surface area (Å²) in [6.07, 6.45) is 4.28. The second kappa shape index (κ2) is 9.56. The molecule has 1 aromatic carbocycles. The lowest BCUT2D eigenvalue weighted by Crippen LogP contribution is -2.48. The molecule has 1 aliphatic heterocycles. The Balaban J connectivity index is 1.66. The van der Waals surface area contributed by atoms with Crippen LogP contribution in [0.1, 0.15) is 38.5 Å². The van der Waals surface area contributed by atoms with Crippen LogP contribution < -0.4 is 15.4 Å². The monoisotopic (exact) mass is 405 g/mol. The van der Waals surface area contributed by atoms with Crippen molar-refractivity contribution in [3.05, 3.63) is 30.0 Å². The molecule has 28 heavy (non-hydrogen) atoms. The highest BCUT2D eigenvalue weighted by molar-refractivity contribution is 8.00. The summed E-state index contributed by atoms with van der Waals surface area (Å²) in [4.78, 5) is 4.39. The number of para-hydroxylation sites is 1. The molecule has 7 heteroatoms. The van der Waals surface area contributed by atoms with E-state index in [0.29, 0.717) is 6.61 Å². The number of aliphatic imine (C=N–C) groups is 1. The predicted molar refractivity (Wildman–Crippen MR) is 117 cm³/mol. The van der Waals surface area contributed by atoms with Crippen molar-refractivity contribution >= 4 is 28.7 Å². The maximum Gasteiger partial charge on any atom is 0.191 e. The Morgan fingerprint density at radius 2 is 2.14 bits per heavy atom. The van der Waals surface area contributed by atoms with Crippen LogP contribution in [0.25, 0.3) is 11.0 Å². The van der Waals surface area contributed by atoms with Gasteiger partial charge in [0.05, 0.1) is 12.6 Å². The quantitative estimate of drug-likeness (QED) is 0.537. The molecule has 1 fully saturated rings. The van der Waals surface area contributed by atoms with Crippen molar-refractivity contribution < 1.29 is 13.9 Å². The smallest absolute Gasteiger partial charge is 0.191 e. The first-order chi connectivity index (χ1) is 13.6. The SMILES string of the molecule is CCOc1cccc2cc(C(C)NC(=NC)NCC3(SC)CCOCC3)oc12. The maximum atomic E-state index is 6.10. The predicted octanol–water partition coefficient (Wildman–Crippen LogP) is 3.97. The fourth-order valence-electron chi connectivity index (χ4n) is 3.45. The van der Waals surface area contributed by atoms with E-state index in [9.17, 15) is 0 Å². The molecule has 6 nitrogen and oxygen atoms in total. The van der Waals surface area contributed by atoms with Crippen molar-refractivity contribution in [2.45, 2.75) is 37.5 Å². The summed E-state index contributed by atoms with van der Waals surface area (Å²) in [5.74, 6) is 2.41. The molecule has 0 bridgehead atoms. The minimum Gasteiger partial charge on any atom is -0.490 e. The van der Waals surface area contributed by atoms with E-state index in [-0.39, 0.29) is 10.8 Å². The lowest BCUT2D eigenvalue weighted by atomic mass is 9.99. The highest BCUT2D eigenvalue weighted by Gasteiger charge is 2.32. The van der Waals surface area contributed by atoms with Crippen molar-refractivity contribution in [1.29, 1.82) is 0 Å². The van der Waals surface area contributed by atoms with Gasteiger partial charge < -0.3 is 24.5 Å². The second-order valence-electron chi connectivity index (χ2n) is 7.05. The van der Waals surface area contributed by atoms with Gasteiger partial charge in [-0.15, -0.1) is 0 Å². The molecule has 0 aliphatic carbocycles. The molecule has 3 rings (SSSR count). The van der Waals surface area contributed by atoms with E-state index >= 15 is 0 Å². The Morgan fingerprint density at radius 1 is 1.36 bits per heavy atom. The number of nitrogens with zero attached hydrogens (tertiary/aromatic N) is 1. The number of thioether (sulfide) groups is 1. The molecule has 0 amide bonds. The molecule has 1 aromatic heterocycles. The van der Waals surface area contributed by atoms with E-state index < -0.39 is 0 Å². The third-order valence-electron chi connectivity index (χ3n) is 5.25. The number of hydrogen-bond donors (Lipinski definition) is 2. The van der Waals surface area contributed by atoms with E-state index in [2.05, 4.69) is 34.9 Å². The largest absolute Gasteiger partial charge is 0.490 e. The number of hydrogen-bond acceptors (Lipinski definition) is 5. The fraction of sp³-hybridized carbons (Fsp3) is 0.571. The second-order valence-corrected chi connectivity index (χ2v) is 8.32. The van der Waals surface area contributed by atoms with E-state index in [1.54, 1.807) is 7.05 Å². The topological polar surface area (TPSA) is 68.0 Å². The zero-order valence-corrected chi connectivity index (χ0v) is 18.0. The molecule has 1 saturated heterocycles. The van der Waals surface area contributed by atoms with Crippen LogP contribution in [0, 0.1) is 0 Å². The Morgan fingerprint density at radius 3 is 2.82 bits per heavy atom. The number of furan rings is 1. The van der Waals surface area contributed by atoms with Crippen molar-refractivity contribution in [1.82, 2.24) is 10.6 Å². The first kappa shape index (κ1) is 20.9. The van der Waals surface area contributed by atoms with Gasteiger partial charge >= 0.3 is 0 Å². The average Bonchev–Trinajstić information content (AvgIpc) is 3.17. The van der Waals surface area contributed by atoms with E-state index in [4.69, 9.17) is 13.9 Å². The van der Waals surface area contributed by atoms with Crippen LogP contribution in [-0.2, 0) is 4.74 Å². The Bertz CT molecular complexity index is 799. The fourth-order valence-corrected chi connectivity index (χ4v) is 4.24. The van der Waals surface area contributed by atoms with Crippen molar-refractivity contribution in [2.75, 3.05) is 39.7 Å². The minimum atomic E-state index is -0.0204. The molecule has 2 N–H and O–H groups in total. The molecular weight excluding hydrogens is 374 g/mol. The highest BCUT2D eigenvalue weighted by Crippen LogP contribution is 2.33. The first-order valence-corrected chi connectivity index (χ1v) is 11.1. The van der Waals surface area contributed by atoms with E-state index in [0.717, 1.165) is 61.0 Å². The van der Waals surface area contributed by atoms with Crippen LogP contribution in [0.5, 0.6) is 5.75 Å². The summed E-state index contributed by atoms with van der Waals surface area (Å²) >= 11 is 1.91. The van der Waals surface area contributed by atoms with Crippen LogP contribution >= 0.6 is 11.8 Å². The summed E-state index contributed by atoms with van der Waals surface area (Å²) in [5.41, 5.74) is 0.791. The number of nitrogens with one attached hydrogen (secondary N) is 2. The van der Waals surface area contributed by atoms with Gasteiger partial charge in [0.2, 0.25) is 0 Å². The number of guanidine groups is 1. The molecule has 0 saturated carbocycles. The number of rotatable bonds is 7. The van der Waals surface area contributed by atoms with Crippen LogP contribution in [0.15, 0.2) is 33.7 Å². The van der Waals surface area contributed by atoms with Crippen LogP contribution in [0.2, 0.25) is 0 Å². The van der Waals surface area contributed by atoms with Gasteiger partial charge in [-0.05, 0) is 45.1 Å². The normalized spacial score (nSPS) is 18.1. The van der Waals surface area contributed by atoms with Crippen molar-refractivity contribution in [3.8, 4) is 5.75 Å². The lowest BCUT2D eigenvalue weighted by Gasteiger charge is -2.36. The van der Waals surface area contributed by atoms with E-state index in [1.807, 2.05) is 36.9 Å². The van der Waals surface area contributed by atoms with Gasteiger partial charge in [-0.1, -0.05) is 12.1 Å². The molecule has 2 heterocycles. The standard InChI is InChI=1S/C21H31N3O3S/c1-5-26-17-8-6-7-16-13-18(27-19(16)17)15(2)24-20(22-3)23-14-21(28-4)9-11-25-12-10-21/h6-8,13,15H,5,9-12,14H2,1-4H3,(H2,22,23,24). The minimum absolute atomic E-state index is 0.0204. The van der Waals surface area contributed by atoms with Crippen molar-refractivity contribution in [2.24, 2.45) is 4.99 Å². The first-order valence-electron chi connectivity index (χ1n) is 9.86. The van der Waals surface area contributed by atoms with Gasteiger partial charge in [-0.2, -0.15) is 11.8 Å². The Hall–Kier alpha value is -1.86. The lowest BCUT2D eigenvalue weighted by molar-refractivity contribution is 0.0782. The molecule has 1 atom stereocenters. The average molecular weight is 406 g/mol. The van der Waals surface area contributed by atoms with Gasteiger partial charge in [0.25, 0.3) is 0 Å². The van der Waals surface area contributed by atoms with Crippen LogP contribution in [0.4, 0.5) is 0 Å². The van der Waals surface area contributed by atoms with Crippen LogP contribution in [0.3, 0.4) is 0 Å².